The Morgan fingerprint density at radius 3 is 2.66 bits per heavy atom. The quantitative estimate of drug-likeness (QED) is 0.578. The van der Waals surface area contributed by atoms with Crippen LogP contribution in [0.3, 0.4) is 0 Å². The Morgan fingerprint density at radius 1 is 1.12 bits per heavy atom. The van der Waals surface area contributed by atoms with Crippen LogP contribution in [0.1, 0.15) is 35.8 Å². The van der Waals surface area contributed by atoms with Gasteiger partial charge in [0.05, 0.1) is 23.1 Å². The molecule has 2 aromatic carbocycles. The van der Waals surface area contributed by atoms with Crippen LogP contribution in [0.2, 0.25) is 5.02 Å². The van der Waals surface area contributed by atoms with Crippen LogP contribution in [-0.4, -0.2) is 46.2 Å². The molecule has 1 aliphatic rings. The minimum Gasteiger partial charge on any atom is -0.484 e. The van der Waals surface area contributed by atoms with Crippen LogP contribution >= 0.6 is 11.6 Å². The van der Waals surface area contributed by atoms with Crippen molar-refractivity contribution in [1.29, 1.82) is 0 Å². The van der Waals surface area contributed by atoms with Crippen molar-refractivity contribution in [3.05, 3.63) is 71.0 Å². The number of anilines is 1. The molecule has 0 bridgehead atoms. The predicted octanol–water partition coefficient (Wildman–Crippen LogP) is 4.34. The lowest BCUT2D eigenvalue weighted by Gasteiger charge is -2.15. The summed E-state index contributed by atoms with van der Waals surface area (Å²) in [7, 11) is 0. The number of rotatable bonds is 7. The highest BCUT2D eigenvalue weighted by atomic mass is 35.5. The van der Waals surface area contributed by atoms with E-state index < -0.39 is 0 Å². The second-order valence-electron chi connectivity index (χ2n) is 7.61. The topological polar surface area (TPSA) is 76.5 Å². The summed E-state index contributed by atoms with van der Waals surface area (Å²) < 4.78 is 7.38. The van der Waals surface area contributed by atoms with E-state index in [9.17, 15) is 9.59 Å². The normalized spacial score (nSPS) is 13.2. The number of carbonyl (C=O) groups is 2. The van der Waals surface area contributed by atoms with Crippen molar-refractivity contribution < 1.29 is 14.3 Å². The molecule has 166 valence electrons. The maximum Gasteiger partial charge on any atom is 0.260 e. The fourth-order valence-electron chi connectivity index (χ4n) is 3.80. The molecule has 0 spiro atoms. The molecule has 1 aliphatic heterocycles. The minimum atomic E-state index is -0.263. The number of nitrogens with zero attached hydrogens (tertiary/aromatic N) is 3. The molecule has 2 amide bonds. The van der Waals surface area contributed by atoms with Crippen molar-refractivity contribution in [2.24, 2.45) is 0 Å². The number of ether oxygens (including phenoxy) is 1. The number of aromatic nitrogens is 2. The molecule has 0 atom stereocenters. The van der Waals surface area contributed by atoms with Gasteiger partial charge in [-0.25, -0.2) is 4.68 Å². The standard InChI is InChI=1S/C24H25ClN4O3/c1-2-22-21(15-26-29(22)19-9-5-7-17(25)13-19)24(31)27-18-8-6-10-20(14-18)32-16-23(30)28-11-3-4-12-28/h5-10,13-15H,2-4,11-12,16H2,1H3,(H,27,31). The van der Waals surface area contributed by atoms with Crippen molar-refractivity contribution in [3.8, 4) is 11.4 Å². The Morgan fingerprint density at radius 2 is 1.91 bits per heavy atom. The van der Waals surface area contributed by atoms with Crippen molar-refractivity contribution in [2.45, 2.75) is 26.2 Å². The minimum absolute atomic E-state index is 0.0101. The van der Waals surface area contributed by atoms with Gasteiger partial charge in [-0.15, -0.1) is 0 Å². The monoisotopic (exact) mass is 452 g/mol. The van der Waals surface area contributed by atoms with Crippen LogP contribution < -0.4 is 10.1 Å². The summed E-state index contributed by atoms with van der Waals surface area (Å²) in [6.07, 6.45) is 4.27. The molecular weight excluding hydrogens is 428 g/mol. The van der Waals surface area contributed by atoms with Crippen molar-refractivity contribution in [3.63, 3.8) is 0 Å². The third kappa shape index (κ3) is 4.94. The number of hydrogen-bond acceptors (Lipinski definition) is 4. The summed E-state index contributed by atoms with van der Waals surface area (Å²) in [6.45, 7) is 3.55. The Balaban J connectivity index is 1.45. The third-order valence-corrected chi connectivity index (χ3v) is 5.65. The molecule has 1 saturated heterocycles. The Bertz CT molecular complexity index is 1120. The number of nitrogens with one attached hydrogen (secondary N) is 1. The SMILES string of the molecule is CCc1c(C(=O)Nc2cccc(OCC(=O)N3CCCC3)c2)cnn1-c1cccc(Cl)c1. The fourth-order valence-corrected chi connectivity index (χ4v) is 3.98. The first kappa shape index (κ1) is 21.9. The van der Waals surface area contributed by atoms with Gasteiger partial charge in [0.25, 0.3) is 11.8 Å². The first-order valence-electron chi connectivity index (χ1n) is 10.7. The molecule has 4 rings (SSSR count). The molecular formula is C24H25ClN4O3. The smallest absolute Gasteiger partial charge is 0.260 e. The third-order valence-electron chi connectivity index (χ3n) is 5.41. The van der Waals surface area contributed by atoms with Crippen molar-refractivity contribution in [2.75, 3.05) is 25.0 Å². The van der Waals surface area contributed by atoms with E-state index in [1.807, 2.05) is 24.0 Å². The zero-order chi connectivity index (χ0) is 22.5. The lowest BCUT2D eigenvalue weighted by molar-refractivity contribution is -0.132. The molecule has 0 radical (unpaired) electrons. The van der Waals surface area contributed by atoms with Crippen molar-refractivity contribution in [1.82, 2.24) is 14.7 Å². The maximum absolute atomic E-state index is 13.0. The highest BCUT2D eigenvalue weighted by Crippen LogP contribution is 2.22. The molecule has 1 aromatic heterocycles. The lowest BCUT2D eigenvalue weighted by atomic mass is 10.1. The first-order valence-corrected chi connectivity index (χ1v) is 11.1. The molecule has 0 aliphatic carbocycles. The summed E-state index contributed by atoms with van der Waals surface area (Å²) in [6, 6.07) is 14.4. The summed E-state index contributed by atoms with van der Waals surface area (Å²) in [4.78, 5) is 27.0. The van der Waals surface area contributed by atoms with Crippen LogP contribution in [0.5, 0.6) is 5.75 Å². The van der Waals surface area contributed by atoms with E-state index >= 15 is 0 Å². The average Bonchev–Trinajstić information content (AvgIpc) is 3.48. The molecule has 0 saturated carbocycles. The van der Waals surface area contributed by atoms with E-state index in [0.717, 1.165) is 37.3 Å². The number of amides is 2. The molecule has 1 N–H and O–H groups in total. The van der Waals surface area contributed by atoms with E-state index in [1.54, 1.807) is 47.3 Å². The Labute approximate surface area is 191 Å². The fraction of sp³-hybridized carbons (Fsp3) is 0.292. The summed E-state index contributed by atoms with van der Waals surface area (Å²) >= 11 is 6.11. The van der Waals surface area contributed by atoms with Gasteiger partial charge >= 0.3 is 0 Å². The van der Waals surface area contributed by atoms with Gasteiger partial charge in [0.1, 0.15) is 5.75 Å². The molecule has 8 heteroatoms. The summed E-state index contributed by atoms with van der Waals surface area (Å²) in [5.74, 6) is 0.249. The van der Waals surface area contributed by atoms with Gasteiger partial charge in [-0.1, -0.05) is 30.7 Å². The van der Waals surface area contributed by atoms with E-state index in [-0.39, 0.29) is 18.4 Å². The second kappa shape index (κ2) is 9.87. The van der Waals surface area contributed by atoms with Gasteiger partial charge in [-0.05, 0) is 49.6 Å². The largest absolute Gasteiger partial charge is 0.484 e. The van der Waals surface area contributed by atoms with Crippen LogP contribution in [-0.2, 0) is 11.2 Å². The zero-order valence-electron chi connectivity index (χ0n) is 17.9. The van der Waals surface area contributed by atoms with Crippen LogP contribution in [0, 0.1) is 0 Å². The molecule has 3 aromatic rings. The number of hydrogen-bond donors (Lipinski definition) is 1. The van der Waals surface area contributed by atoms with Gasteiger partial charge in [-0.2, -0.15) is 5.10 Å². The molecule has 0 unspecified atom stereocenters. The lowest BCUT2D eigenvalue weighted by Crippen LogP contribution is -2.32. The van der Waals surface area contributed by atoms with E-state index in [4.69, 9.17) is 16.3 Å². The van der Waals surface area contributed by atoms with Crippen LogP contribution in [0.15, 0.2) is 54.7 Å². The number of benzene rings is 2. The van der Waals surface area contributed by atoms with Crippen molar-refractivity contribution >= 4 is 29.1 Å². The predicted molar refractivity (Wildman–Crippen MR) is 124 cm³/mol. The summed E-state index contributed by atoms with van der Waals surface area (Å²) in [5.41, 5.74) is 2.65. The highest BCUT2D eigenvalue weighted by Gasteiger charge is 2.19. The van der Waals surface area contributed by atoms with Crippen LogP contribution in [0.25, 0.3) is 5.69 Å². The Kier molecular flexibility index (Phi) is 6.75. The first-order chi connectivity index (χ1) is 15.5. The number of carbonyl (C=O) groups excluding carboxylic acids is 2. The van der Waals surface area contributed by atoms with Gasteiger partial charge in [0.2, 0.25) is 0 Å². The zero-order valence-corrected chi connectivity index (χ0v) is 18.6. The van der Waals surface area contributed by atoms with E-state index in [0.29, 0.717) is 28.4 Å². The highest BCUT2D eigenvalue weighted by molar-refractivity contribution is 6.30. The van der Waals surface area contributed by atoms with E-state index in [2.05, 4.69) is 10.4 Å². The number of halogens is 1. The second-order valence-corrected chi connectivity index (χ2v) is 8.05. The van der Waals surface area contributed by atoms with Crippen LogP contribution in [0.4, 0.5) is 5.69 Å². The van der Waals surface area contributed by atoms with Gasteiger partial charge in [-0.3, -0.25) is 9.59 Å². The average molecular weight is 453 g/mol. The van der Waals surface area contributed by atoms with Gasteiger partial charge in [0.15, 0.2) is 6.61 Å². The van der Waals surface area contributed by atoms with E-state index in [1.165, 1.54) is 0 Å². The maximum atomic E-state index is 13.0. The molecule has 7 nitrogen and oxygen atoms in total. The molecule has 2 heterocycles. The number of likely N-dealkylation sites (tertiary alicyclic amines) is 1. The summed E-state index contributed by atoms with van der Waals surface area (Å²) in [5, 5.41) is 7.90. The molecule has 1 fully saturated rings. The van der Waals surface area contributed by atoms with Gasteiger partial charge < -0.3 is 15.0 Å². The molecule has 32 heavy (non-hydrogen) atoms. The van der Waals surface area contributed by atoms with Gasteiger partial charge in [0, 0.05) is 29.9 Å². The Hall–Kier alpha value is -3.32.